The molecule has 250 valence electrons. The van der Waals surface area contributed by atoms with Gasteiger partial charge in [0.1, 0.15) is 0 Å². The highest BCUT2D eigenvalue weighted by Crippen LogP contribution is 2.18. The molecule has 4 nitrogen and oxygen atoms in total. The molecule has 0 atom stereocenters. The van der Waals surface area contributed by atoms with E-state index in [1.54, 1.807) is 0 Å². The van der Waals surface area contributed by atoms with Crippen molar-refractivity contribution in [3.05, 3.63) is 155 Å². The summed E-state index contributed by atoms with van der Waals surface area (Å²) in [7, 11) is 0. The molecule has 4 heteroatoms. The SMILES string of the molecule is C\C=C/C(/C=C/c1ccc(N(CC)CC)cc1)=C\C=NCc1ccccc1CN=C/C=C(\C=C/C)/C=C/c1ccc(N(CC)CC)cc1. The maximum absolute atomic E-state index is 4.73. The van der Waals surface area contributed by atoms with Crippen LogP contribution in [0.25, 0.3) is 12.2 Å². The van der Waals surface area contributed by atoms with Crippen LogP contribution in [0.2, 0.25) is 0 Å². The van der Waals surface area contributed by atoms with Crippen molar-refractivity contribution in [3.63, 3.8) is 0 Å². The molecular weight excluding hydrogens is 585 g/mol. The van der Waals surface area contributed by atoms with E-state index >= 15 is 0 Å². The van der Waals surface area contributed by atoms with E-state index in [4.69, 9.17) is 9.98 Å². The quantitative estimate of drug-likeness (QED) is 0.103. The van der Waals surface area contributed by atoms with Crippen molar-refractivity contribution >= 4 is 36.0 Å². The van der Waals surface area contributed by atoms with Crippen molar-refractivity contribution in [1.29, 1.82) is 0 Å². The van der Waals surface area contributed by atoms with Crippen molar-refractivity contribution in [2.45, 2.75) is 54.6 Å². The predicted molar refractivity (Wildman–Crippen MR) is 215 cm³/mol. The molecule has 0 aliphatic heterocycles. The third kappa shape index (κ3) is 12.7. The van der Waals surface area contributed by atoms with Crippen LogP contribution in [0.1, 0.15) is 63.8 Å². The van der Waals surface area contributed by atoms with Gasteiger partial charge in [-0.1, -0.05) is 97.1 Å². The van der Waals surface area contributed by atoms with Crippen LogP contribution in [0.15, 0.2) is 143 Å². The Bertz CT molecular complexity index is 1480. The molecule has 0 fully saturated rings. The summed E-state index contributed by atoms with van der Waals surface area (Å²) in [6.07, 6.45) is 24.8. The van der Waals surface area contributed by atoms with E-state index in [0.29, 0.717) is 13.1 Å². The van der Waals surface area contributed by atoms with Crippen LogP contribution >= 0.6 is 0 Å². The van der Waals surface area contributed by atoms with Crippen molar-refractivity contribution in [2.75, 3.05) is 36.0 Å². The molecule has 0 N–H and O–H groups in total. The van der Waals surface area contributed by atoms with Gasteiger partial charge in [-0.15, -0.1) is 0 Å². The van der Waals surface area contributed by atoms with E-state index in [2.05, 4.69) is 171 Å². The van der Waals surface area contributed by atoms with Gasteiger partial charge >= 0.3 is 0 Å². The maximum atomic E-state index is 4.73. The Kier molecular flexibility index (Phi) is 17.0. The van der Waals surface area contributed by atoms with Gasteiger partial charge in [-0.3, -0.25) is 9.98 Å². The molecule has 3 aromatic carbocycles. The Hall–Kier alpha value is -4.96. The summed E-state index contributed by atoms with van der Waals surface area (Å²) in [6, 6.07) is 25.9. The van der Waals surface area contributed by atoms with Gasteiger partial charge < -0.3 is 9.80 Å². The van der Waals surface area contributed by atoms with Crippen LogP contribution in [0.3, 0.4) is 0 Å². The van der Waals surface area contributed by atoms with Crippen LogP contribution in [0.5, 0.6) is 0 Å². The molecule has 48 heavy (non-hydrogen) atoms. The standard InChI is InChI=1S/C44H54N4/c1-7-15-37(19-21-39-23-27-43(28-24-39)47(9-3)10-4)31-33-45-35-41-17-13-14-18-42(41)36-46-34-32-38(16-8-2)20-22-40-25-29-44(30-26-40)48(11-5)12-6/h7-8,13-34H,9-12,35-36H2,1-6H3/b15-7-,16-8-,21-19+,22-20+,37-31+,38-32+,45-33?,46-34?. The van der Waals surface area contributed by atoms with E-state index < -0.39 is 0 Å². The first-order valence-electron chi connectivity index (χ1n) is 17.3. The van der Waals surface area contributed by atoms with Gasteiger partial charge in [-0.05, 0) is 111 Å². The number of rotatable bonds is 18. The predicted octanol–water partition coefficient (Wildman–Crippen LogP) is 11.0. The molecule has 3 aromatic rings. The largest absolute Gasteiger partial charge is 0.372 e. The van der Waals surface area contributed by atoms with E-state index in [9.17, 15) is 0 Å². The number of allylic oxidation sites excluding steroid dienone is 10. The first-order valence-corrected chi connectivity index (χ1v) is 17.3. The lowest BCUT2D eigenvalue weighted by molar-refractivity contribution is 0.866. The summed E-state index contributed by atoms with van der Waals surface area (Å²) in [5.41, 5.74) is 9.43. The highest BCUT2D eigenvalue weighted by atomic mass is 15.1. The molecule has 0 saturated heterocycles. The van der Waals surface area contributed by atoms with Crippen molar-refractivity contribution in [1.82, 2.24) is 0 Å². The number of benzene rings is 3. The Morgan fingerprint density at radius 2 is 0.896 bits per heavy atom. The second kappa shape index (κ2) is 21.8. The van der Waals surface area contributed by atoms with Gasteiger partial charge in [0.05, 0.1) is 13.1 Å². The smallest absolute Gasteiger partial charge is 0.0643 e. The molecule has 0 aliphatic rings. The topological polar surface area (TPSA) is 31.2 Å². The van der Waals surface area contributed by atoms with Gasteiger partial charge in [0.25, 0.3) is 0 Å². The van der Waals surface area contributed by atoms with Crippen LogP contribution in [0, 0.1) is 0 Å². The van der Waals surface area contributed by atoms with Crippen molar-refractivity contribution in [2.24, 2.45) is 9.98 Å². The number of hydrogen-bond acceptors (Lipinski definition) is 4. The summed E-state index contributed by atoms with van der Waals surface area (Å²) >= 11 is 0. The normalized spacial score (nSPS) is 13.0. The summed E-state index contributed by atoms with van der Waals surface area (Å²) < 4.78 is 0. The average Bonchev–Trinajstić information content (AvgIpc) is 3.12. The van der Waals surface area contributed by atoms with Gasteiger partial charge in [-0.25, -0.2) is 0 Å². The fourth-order valence-electron chi connectivity index (χ4n) is 5.32. The molecule has 0 aliphatic carbocycles. The number of anilines is 2. The third-order valence-corrected chi connectivity index (χ3v) is 8.08. The average molecular weight is 639 g/mol. The number of nitrogens with zero attached hydrogens (tertiary/aromatic N) is 4. The van der Waals surface area contributed by atoms with Crippen LogP contribution in [0.4, 0.5) is 11.4 Å². The highest BCUT2D eigenvalue weighted by Gasteiger charge is 2.02. The summed E-state index contributed by atoms with van der Waals surface area (Å²) in [5.74, 6) is 0. The molecule has 0 unspecified atom stereocenters. The lowest BCUT2D eigenvalue weighted by Crippen LogP contribution is -2.21. The fraction of sp³-hybridized carbons (Fsp3) is 0.273. The summed E-state index contributed by atoms with van der Waals surface area (Å²) in [4.78, 5) is 14.2. The molecule has 0 amide bonds. The van der Waals surface area contributed by atoms with E-state index in [0.717, 1.165) is 37.3 Å². The molecule has 0 heterocycles. The lowest BCUT2D eigenvalue weighted by Gasteiger charge is -2.20. The molecule has 0 radical (unpaired) electrons. The van der Waals surface area contributed by atoms with Crippen molar-refractivity contribution < 1.29 is 0 Å². The number of aliphatic imine (C=N–C) groups is 2. The maximum Gasteiger partial charge on any atom is 0.0643 e. The van der Waals surface area contributed by atoms with Gasteiger partial charge in [0.2, 0.25) is 0 Å². The van der Waals surface area contributed by atoms with Crippen LogP contribution in [-0.2, 0) is 13.1 Å². The van der Waals surface area contributed by atoms with Gasteiger partial charge in [0.15, 0.2) is 0 Å². The van der Waals surface area contributed by atoms with Crippen LogP contribution < -0.4 is 9.80 Å². The molecule has 0 saturated carbocycles. The van der Waals surface area contributed by atoms with Crippen molar-refractivity contribution in [3.8, 4) is 0 Å². The third-order valence-electron chi connectivity index (χ3n) is 8.08. The second-order valence-corrected chi connectivity index (χ2v) is 11.3. The fourth-order valence-corrected chi connectivity index (χ4v) is 5.32. The Balaban J connectivity index is 1.62. The molecule has 0 bridgehead atoms. The van der Waals surface area contributed by atoms with Gasteiger partial charge in [-0.2, -0.15) is 0 Å². The summed E-state index contributed by atoms with van der Waals surface area (Å²) in [6.45, 7) is 18.1. The zero-order valence-electron chi connectivity index (χ0n) is 29.9. The minimum Gasteiger partial charge on any atom is -0.372 e. The second-order valence-electron chi connectivity index (χ2n) is 11.3. The van der Waals surface area contributed by atoms with Gasteiger partial charge in [0, 0.05) is 50.0 Å². The van der Waals surface area contributed by atoms with Crippen LogP contribution in [-0.4, -0.2) is 38.6 Å². The lowest BCUT2D eigenvalue weighted by atomic mass is 10.1. The van der Waals surface area contributed by atoms with E-state index in [1.807, 2.05) is 26.3 Å². The first-order chi connectivity index (χ1) is 23.5. The Morgan fingerprint density at radius 3 is 1.23 bits per heavy atom. The zero-order valence-corrected chi connectivity index (χ0v) is 29.9. The Morgan fingerprint density at radius 1 is 0.521 bits per heavy atom. The molecule has 3 rings (SSSR count). The minimum atomic E-state index is 0.608. The number of hydrogen-bond donors (Lipinski definition) is 0. The zero-order chi connectivity index (χ0) is 34.4. The summed E-state index contributed by atoms with van der Waals surface area (Å²) in [5, 5.41) is 0. The highest BCUT2D eigenvalue weighted by molar-refractivity contribution is 5.76. The minimum absolute atomic E-state index is 0.608. The van der Waals surface area contributed by atoms with E-state index in [1.165, 1.54) is 33.6 Å². The first kappa shape index (κ1) is 37.5. The van der Waals surface area contributed by atoms with E-state index in [-0.39, 0.29) is 0 Å². The molecule has 0 aromatic heterocycles. The molecule has 0 spiro atoms. The monoisotopic (exact) mass is 638 g/mol. The molecular formula is C44H54N4. The Labute approximate surface area is 290 Å².